The zero-order chi connectivity index (χ0) is 17.3. The number of benzene rings is 1. The van der Waals surface area contributed by atoms with Crippen LogP contribution in [0.2, 0.25) is 0 Å². The zero-order valence-electron chi connectivity index (χ0n) is 15.1. The first kappa shape index (κ1) is 16.7. The molecule has 1 fully saturated rings. The van der Waals surface area contributed by atoms with E-state index in [1.54, 1.807) is 0 Å². The second-order valence-electron chi connectivity index (χ2n) is 7.04. The highest BCUT2D eigenvalue weighted by Crippen LogP contribution is 2.36. The van der Waals surface area contributed by atoms with E-state index in [0.29, 0.717) is 24.9 Å². The molecule has 0 N–H and O–H groups in total. The minimum Gasteiger partial charge on any atom is -0.335 e. The number of amides is 1. The Hall–Kier alpha value is -2.10. The molecule has 1 aromatic heterocycles. The van der Waals surface area contributed by atoms with Crippen LogP contribution in [0.4, 0.5) is 0 Å². The van der Waals surface area contributed by atoms with Gasteiger partial charge in [0.1, 0.15) is 0 Å². The molecule has 0 radical (unpaired) electrons. The summed E-state index contributed by atoms with van der Waals surface area (Å²) in [6.07, 6.45) is 2.92. The van der Waals surface area contributed by atoms with Crippen molar-refractivity contribution in [3.05, 3.63) is 52.8 Å². The smallest absolute Gasteiger partial charge is 0.227 e. The fraction of sp³-hybridized carbons (Fsp3) is 0.500. The van der Waals surface area contributed by atoms with Crippen molar-refractivity contribution in [3.63, 3.8) is 0 Å². The van der Waals surface area contributed by atoms with Gasteiger partial charge in [0, 0.05) is 30.9 Å². The minimum atomic E-state index is 0.206. The number of carbonyl (C=O) groups is 1. The number of nitrogens with zero attached hydrogens (tertiary/aromatic N) is 3. The van der Waals surface area contributed by atoms with Crippen LogP contribution in [0.15, 0.2) is 30.3 Å². The first-order valence-electron chi connectivity index (χ1n) is 8.80. The molecular weight excluding hydrogens is 298 g/mol. The molecule has 1 aliphatic carbocycles. The molecule has 0 saturated heterocycles. The van der Waals surface area contributed by atoms with Gasteiger partial charge in [0.05, 0.1) is 12.1 Å². The molecule has 0 aliphatic heterocycles. The highest BCUT2D eigenvalue weighted by Gasteiger charge is 2.34. The van der Waals surface area contributed by atoms with Crippen LogP contribution in [0.25, 0.3) is 0 Å². The number of hydrogen-bond donors (Lipinski definition) is 0. The summed E-state index contributed by atoms with van der Waals surface area (Å²) >= 11 is 0. The topological polar surface area (TPSA) is 38.1 Å². The third kappa shape index (κ3) is 3.53. The molecule has 0 bridgehead atoms. The fourth-order valence-corrected chi connectivity index (χ4v) is 3.40. The van der Waals surface area contributed by atoms with Gasteiger partial charge in [0.25, 0.3) is 0 Å². The molecule has 4 heteroatoms. The largest absolute Gasteiger partial charge is 0.335 e. The summed E-state index contributed by atoms with van der Waals surface area (Å²) in [4.78, 5) is 15.2. The van der Waals surface area contributed by atoms with E-state index in [2.05, 4.69) is 29.1 Å². The van der Waals surface area contributed by atoms with Crippen LogP contribution in [0.1, 0.15) is 42.3 Å². The molecule has 4 nitrogen and oxygen atoms in total. The molecule has 3 rings (SSSR count). The third-order valence-corrected chi connectivity index (χ3v) is 5.30. The van der Waals surface area contributed by atoms with E-state index in [1.807, 2.05) is 43.8 Å². The Kier molecular flexibility index (Phi) is 4.74. The predicted octanol–water partition coefficient (Wildman–Crippen LogP) is 3.41. The van der Waals surface area contributed by atoms with Crippen molar-refractivity contribution in [3.8, 4) is 0 Å². The quantitative estimate of drug-likeness (QED) is 0.816. The molecule has 1 heterocycles. The maximum Gasteiger partial charge on any atom is 0.227 e. The SMILES string of the molecule is Cc1nn(C)c(C)c1CC(=O)N(Cc1ccccc1)C(C)C1CC1. The van der Waals surface area contributed by atoms with Gasteiger partial charge >= 0.3 is 0 Å². The molecule has 1 aliphatic rings. The Morgan fingerprint density at radius 1 is 1.29 bits per heavy atom. The van der Waals surface area contributed by atoms with Gasteiger partial charge in [0.2, 0.25) is 5.91 Å². The summed E-state index contributed by atoms with van der Waals surface area (Å²) in [5, 5.41) is 4.45. The first-order valence-corrected chi connectivity index (χ1v) is 8.80. The third-order valence-electron chi connectivity index (χ3n) is 5.30. The van der Waals surface area contributed by atoms with E-state index in [0.717, 1.165) is 17.0 Å². The van der Waals surface area contributed by atoms with Gasteiger partial charge in [0.15, 0.2) is 0 Å². The Labute approximate surface area is 144 Å². The van der Waals surface area contributed by atoms with Crippen LogP contribution in [-0.4, -0.2) is 26.6 Å². The summed E-state index contributed by atoms with van der Waals surface area (Å²) in [5.74, 6) is 0.867. The Balaban J connectivity index is 1.80. The van der Waals surface area contributed by atoms with Crippen molar-refractivity contribution in [2.45, 2.75) is 52.6 Å². The second-order valence-corrected chi connectivity index (χ2v) is 7.04. The number of aryl methyl sites for hydroxylation is 2. The van der Waals surface area contributed by atoms with Gasteiger partial charge in [-0.2, -0.15) is 5.10 Å². The number of hydrogen-bond acceptors (Lipinski definition) is 2. The lowest BCUT2D eigenvalue weighted by Gasteiger charge is -2.30. The standard InChI is InChI=1S/C20H27N3O/c1-14-19(16(3)22(4)21-14)12-20(24)23(15(2)18-10-11-18)13-17-8-6-5-7-9-17/h5-9,15,18H,10-13H2,1-4H3. The van der Waals surface area contributed by atoms with Crippen molar-refractivity contribution in [2.24, 2.45) is 13.0 Å². The van der Waals surface area contributed by atoms with Gasteiger partial charge in [-0.25, -0.2) is 0 Å². The van der Waals surface area contributed by atoms with Crippen molar-refractivity contribution >= 4 is 5.91 Å². The Bertz CT molecular complexity index is 716. The van der Waals surface area contributed by atoms with Crippen molar-refractivity contribution in [2.75, 3.05) is 0 Å². The van der Waals surface area contributed by atoms with E-state index in [-0.39, 0.29) is 5.91 Å². The summed E-state index contributed by atoms with van der Waals surface area (Å²) in [5.41, 5.74) is 4.31. The average Bonchev–Trinajstić information content (AvgIpc) is 3.38. The summed E-state index contributed by atoms with van der Waals surface area (Å²) in [6.45, 7) is 6.91. The Morgan fingerprint density at radius 2 is 1.96 bits per heavy atom. The van der Waals surface area contributed by atoms with Gasteiger partial charge in [-0.3, -0.25) is 9.48 Å². The maximum atomic E-state index is 13.1. The van der Waals surface area contributed by atoms with Crippen molar-refractivity contribution in [1.82, 2.24) is 14.7 Å². The van der Waals surface area contributed by atoms with Crippen LogP contribution < -0.4 is 0 Å². The molecule has 1 unspecified atom stereocenters. The fourth-order valence-electron chi connectivity index (χ4n) is 3.40. The molecule has 1 atom stereocenters. The zero-order valence-corrected chi connectivity index (χ0v) is 15.1. The highest BCUT2D eigenvalue weighted by atomic mass is 16.2. The van der Waals surface area contributed by atoms with E-state index in [9.17, 15) is 4.79 Å². The Morgan fingerprint density at radius 3 is 2.50 bits per heavy atom. The molecule has 24 heavy (non-hydrogen) atoms. The molecule has 128 valence electrons. The summed E-state index contributed by atoms with van der Waals surface area (Å²) in [7, 11) is 1.94. The highest BCUT2D eigenvalue weighted by molar-refractivity contribution is 5.79. The van der Waals surface area contributed by atoms with Gasteiger partial charge < -0.3 is 4.90 Å². The van der Waals surface area contributed by atoms with Gasteiger partial charge in [-0.05, 0) is 45.1 Å². The molecule has 1 aromatic carbocycles. The first-order chi connectivity index (χ1) is 11.5. The minimum absolute atomic E-state index is 0.206. The van der Waals surface area contributed by atoms with E-state index in [4.69, 9.17) is 0 Å². The van der Waals surface area contributed by atoms with Gasteiger partial charge in [-0.15, -0.1) is 0 Å². The lowest BCUT2D eigenvalue weighted by Crippen LogP contribution is -2.40. The second kappa shape index (κ2) is 6.80. The van der Waals surface area contributed by atoms with Crippen LogP contribution in [0.3, 0.4) is 0 Å². The number of rotatable bonds is 6. The molecule has 2 aromatic rings. The molecular formula is C20H27N3O. The number of carbonyl (C=O) groups excluding carboxylic acids is 1. The van der Waals surface area contributed by atoms with Crippen LogP contribution in [0.5, 0.6) is 0 Å². The lowest BCUT2D eigenvalue weighted by atomic mass is 10.1. The van der Waals surface area contributed by atoms with E-state index < -0.39 is 0 Å². The van der Waals surface area contributed by atoms with Crippen molar-refractivity contribution < 1.29 is 4.79 Å². The average molecular weight is 325 g/mol. The van der Waals surface area contributed by atoms with E-state index in [1.165, 1.54) is 18.4 Å². The maximum absolute atomic E-state index is 13.1. The molecule has 1 amide bonds. The van der Waals surface area contributed by atoms with Gasteiger partial charge in [-0.1, -0.05) is 30.3 Å². The summed E-state index contributed by atoms with van der Waals surface area (Å²) in [6, 6.07) is 10.6. The lowest BCUT2D eigenvalue weighted by molar-refractivity contribution is -0.133. The number of aromatic nitrogens is 2. The predicted molar refractivity (Wildman–Crippen MR) is 95.6 cm³/mol. The monoisotopic (exact) mass is 325 g/mol. The van der Waals surface area contributed by atoms with Crippen molar-refractivity contribution in [1.29, 1.82) is 0 Å². The molecule has 0 spiro atoms. The normalized spacial score (nSPS) is 15.3. The van der Waals surface area contributed by atoms with Crippen LogP contribution in [-0.2, 0) is 24.8 Å². The van der Waals surface area contributed by atoms with Crippen LogP contribution in [0, 0.1) is 19.8 Å². The summed E-state index contributed by atoms with van der Waals surface area (Å²) < 4.78 is 1.86. The van der Waals surface area contributed by atoms with E-state index >= 15 is 0 Å². The van der Waals surface area contributed by atoms with Crippen LogP contribution >= 0.6 is 0 Å². The molecule has 1 saturated carbocycles.